The van der Waals surface area contributed by atoms with Gasteiger partial charge in [-0.1, -0.05) is 12.5 Å². The molecule has 1 atom stereocenters. The molecule has 1 aliphatic heterocycles. The Bertz CT molecular complexity index is 933. The maximum atomic E-state index is 12.3. The summed E-state index contributed by atoms with van der Waals surface area (Å²) in [5, 5.41) is 0. The van der Waals surface area contributed by atoms with Gasteiger partial charge in [0.2, 0.25) is 15.9 Å². The first-order valence-corrected chi connectivity index (χ1v) is 11.0. The van der Waals surface area contributed by atoms with Gasteiger partial charge in [-0.05, 0) is 31.4 Å². The Morgan fingerprint density at radius 2 is 2.08 bits per heavy atom. The number of rotatable bonds is 5. The molecule has 4 rings (SSSR count). The second kappa shape index (κ2) is 6.66. The average Bonchev–Trinajstić information content (AvgIpc) is 3.16. The molecule has 0 bridgehead atoms. The van der Waals surface area contributed by atoms with E-state index in [1.54, 1.807) is 4.90 Å². The molecule has 0 unspecified atom stereocenters. The first kappa shape index (κ1) is 17.5. The number of nitrogens with one attached hydrogen (secondary N) is 1. The topological polar surface area (TPSA) is 83.8 Å². The standard InChI is InChI=1S/C18H24N4O3S/c1-26(24,25)19-11-16(23)21-10-8-14(12-21)17-15-7-2-3-9-22(15)18(20-17)13-5-4-6-13/h2-3,7,9,13-14,19H,4-6,8,10-12H2,1H3/t14-/m1/s1. The molecule has 2 aromatic rings. The summed E-state index contributed by atoms with van der Waals surface area (Å²) in [6.07, 6.45) is 7.65. The number of sulfonamides is 1. The zero-order valence-electron chi connectivity index (χ0n) is 14.9. The predicted molar refractivity (Wildman–Crippen MR) is 98.6 cm³/mol. The number of pyridine rings is 1. The van der Waals surface area contributed by atoms with Crippen LogP contribution in [0.2, 0.25) is 0 Å². The number of fused-ring (bicyclic) bond motifs is 1. The maximum absolute atomic E-state index is 12.3. The minimum atomic E-state index is -3.36. The van der Waals surface area contributed by atoms with Crippen LogP contribution in [0.25, 0.3) is 5.52 Å². The molecule has 1 N–H and O–H groups in total. The molecule has 2 fully saturated rings. The Morgan fingerprint density at radius 1 is 1.27 bits per heavy atom. The summed E-state index contributed by atoms with van der Waals surface area (Å²) in [6.45, 7) is 1.05. The number of likely N-dealkylation sites (tertiary alicyclic amines) is 1. The van der Waals surface area contributed by atoms with Crippen molar-refractivity contribution in [3.05, 3.63) is 35.9 Å². The van der Waals surface area contributed by atoms with E-state index in [1.165, 1.54) is 19.3 Å². The SMILES string of the molecule is CS(=O)(=O)NCC(=O)N1CC[C@@H](c2nc(C3CCC3)n3ccccc23)C1. The number of hydrogen-bond acceptors (Lipinski definition) is 4. The molecular weight excluding hydrogens is 352 g/mol. The van der Waals surface area contributed by atoms with Crippen molar-refractivity contribution in [1.29, 1.82) is 0 Å². The molecule has 1 amide bonds. The highest BCUT2D eigenvalue weighted by atomic mass is 32.2. The molecule has 1 aliphatic carbocycles. The number of imidazole rings is 1. The van der Waals surface area contributed by atoms with Gasteiger partial charge in [-0.3, -0.25) is 4.79 Å². The van der Waals surface area contributed by atoms with E-state index < -0.39 is 10.0 Å². The Balaban J connectivity index is 1.53. The smallest absolute Gasteiger partial charge is 0.237 e. The van der Waals surface area contributed by atoms with Crippen molar-refractivity contribution in [2.24, 2.45) is 0 Å². The lowest BCUT2D eigenvalue weighted by atomic mass is 9.85. The van der Waals surface area contributed by atoms with Crippen molar-refractivity contribution in [2.45, 2.75) is 37.5 Å². The van der Waals surface area contributed by atoms with Gasteiger partial charge in [0.05, 0.1) is 24.0 Å². The number of carbonyl (C=O) groups excluding carboxylic acids is 1. The van der Waals surface area contributed by atoms with E-state index in [0.29, 0.717) is 19.0 Å². The minimum absolute atomic E-state index is 0.178. The summed E-state index contributed by atoms with van der Waals surface area (Å²) < 4.78 is 26.9. The van der Waals surface area contributed by atoms with Gasteiger partial charge in [0, 0.05) is 31.1 Å². The van der Waals surface area contributed by atoms with E-state index in [2.05, 4.69) is 21.4 Å². The van der Waals surface area contributed by atoms with E-state index in [0.717, 1.165) is 29.7 Å². The molecule has 2 aliphatic rings. The summed E-state index contributed by atoms with van der Waals surface area (Å²) >= 11 is 0. The summed E-state index contributed by atoms with van der Waals surface area (Å²) in [5.41, 5.74) is 2.20. The summed E-state index contributed by atoms with van der Waals surface area (Å²) in [5.74, 6) is 1.70. The molecule has 8 heteroatoms. The van der Waals surface area contributed by atoms with Crippen LogP contribution >= 0.6 is 0 Å². The largest absolute Gasteiger partial charge is 0.341 e. The van der Waals surface area contributed by atoms with Crippen LogP contribution in [0.3, 0.4) is 0 Å². The minimum Gasteiger partial charge on any atom is -0.341 e. The van der Waals surface area contributed by atoms with Gasteiger partial charge in [0.15, 0.2) is 0 Å². The van der Waals surface area contributed by atoms with Crippen LogP contribution in [0.5, 0.6) is 0 Å². The van der Waals surface area contributed by atoms with E-state index >= 15 is 0 Å². The van der Waals surface area contributed by atoms with Gasteiger partial charge in [-0.15, -0.1) is 0 Å². The molecule has 0 spiro atoms. The zero-order valence-corrected chi connectivity index (χ0v) is 15.7. The molecule has 0 radical (unpaired) electrons. The van der Waals surface area contributed by atoms with Gasteiger partial charge in [-0.2, -0.15) is 0 Å². The summed E-state index contributed by atoms with van der Waals surface area (Å²) in [7, 11) is -3.36. The first-order chi connectivity index (χ1) is 12.4. The number of hydrogen-bond donors (Lipinski definition) is 1. The molecule has 26 heavy (non-hydrogen) atoms. The van der Waals surface area contributed by atoms with Crippen molar-refractivity contribution in [1.82, 2.24) is 19.0 Å². The Labute approximate surface area is 153 Å². The van der Waals surface area contributed by atoms with Gasteiger partial charge < -0.3 is 9.30 Å². The van der Waals surface area contributed by atoms with E-state index in [4.69, 9.17) is 4.98 Å². The molecule has 1 saturated carbocycles. The third-order valence-corrected chi connectivity index (χ3v) is 6.16. The Kier molecular flexibility index (Phi) is 4.48. The quantitative estimate of drug-likeness (QED) is 0.856. The van der Waals surface area contributed by atoms with Gasteiger partial charge in [0.25, 0.3) is 0 Å². The Hall–Kier alpha value is -1.93. The highest BCUT2D eigenvalue weighted by Crippen LogP contribution is 2.38. The van der Waals surface area contributed by atoms with Crippen molar-refractivity contribution < 1.29 is 13.2 Å². The second-order valence-corrected chi connectivity index (χ2v) is 9.19. The fraction of sp³-hybridized carbons (Fsp3) is 0.556. The van der Waals surface area contributed by atoms with Crippen LogP contribution in [0.1, 0.15) is 49.0 Å². The average molecular weight is 376 g/mol. The number of carbonyl (C=O) groups is 1. The van der Waals surface area contributed by atoms with Crippen molar-refractivity contribution in [3.8, 4) is 0 Å². The lowest BCUT2D eigenvalue weighted by Gasteiger charge is -2.23. The fourth-order valence-electron chi connectivity index (χ4n) is 3.86. The van der Waals surface area contributed by atoms with Gasteiger partial charge in [-0.25, -0.2) is 18.1 Å². The van der Waals surface area contributed by atoms with Crippen LogP contribution in [-0.2, 0) is 14.8 Å². The third kappa shape index (κ3) is 3.35. The monoisotopic (exact) mass is 376 g/mol. The van der Waals surface area contributed by atoms with Crippen molar-refractivity contribution in [3.63, 3.8) is 0 Å². The molecule has 1 saturated heterocycles. The van der Waals surface area contributed by atoms with E-state index in [9.17, 15) is 13.2 Å². The molecule has 3 heterocycles. The highest BCUT2D eigenvalue weighted by Gasteiger charge is 2.32. The normalized spacial score (nSPS) is 21.3. The zero-order chi connectivity index (χ0) is 18.3. The number of aromatic nitrogens is 2. The molecule has 2 aromatic heterocycles. The molecule has 0 aromatic carbocycles. The third-order valence-electron chi connectivity index (χ3n) is 5.49. The van der Waals surface area contributed by atoms with Crippen molar-refractivity contribution >= 4 is 21.4 Å². The van der Waals surface area contributed by atoms with E-state index in [1.807, 2.05) is 12.1 Å². The van der Waals surface area contributed by atoms with Crippen LogP contribution < -0.4 is 4.72 Å². The second-order valence-electron chi connectivity index (χ2n) is 7.36. The van der Waals surface area contributed by atoms with E-state index in [-0.39, 0.29) is 18.4 Å². The summed E-state index contributed by atoms with van der Waals surface area (Å²) in [6, 6.07) is 6.15. The lowest BCUT2D eigenvalue weighted by Crippen LogP contribution is -2.38. The highest BCUT2D eigenvalue weighted by molar-refractivity contribution is 7.88. The van der Waals surface area contributed by atoms with Gasteiger partial charge in [0.1, 0.15) is 5.82 Å². The van der Waals surface area contributed by atoms with Gasteiger partial charge >= 0.3 is 0 Å². The maximum Gasteiger partial charge on any atom is 0.237 e. The molecule has 140 valence electrons. The molecular formula is C18H24N4O3S. The first-order valence-electron chi connectivity index (χ1n) is 9.11. The number of amides is 1. The fourth-order valence-corrected chi connectivity index (χ4v) is 4.24. The Morgan fingerprint density at radius 3 is 2.77 bits per heavy atom. The van der Waals surface area contributed by atoms with Crippen molar-refractivity contribution in [2.75, 3.05) is 25.9 Å². The molecule has 7 nitrogen and oxygen atoms in total. The summed E-state index contributed by atoms with van der Waals surface area (Å²) in [4.78, 5) is 19.0. The lowest BCUT2D eigenvalue weighted by molar-refractivity contribution is -0.128. The van der Waals surface area contributed by atoms with Crippen LogP contribution in [0.4, 0.5) is 0 Å². The van der Waals surface area contributed by atoms with Crippen LogP contribution in [-0.4, -0.2) is 54.5 Å². The predicted octanol–water partition coefficient (Wildman–Crippen LogP) is 1.47. The van der Waals surface area contributed by atoms with Crippen LogP contribution in [0.15, 0.2) is 24.4 Å². The number of nitrogens with zero attached hydrogens (tertiary/aromatic N) is 3. The van der Waals surface area contributed by atoms with Crippen LogP contribution in [0, 0.1) is 0 Å².